The average molecular weight is 215 g/mol. The van der Waals surface area contributed by atoms with E-state index in [1.807, 2.05) is 13.8 Å². The van der Waals surface area contributed by atoms with Gasteiger partial charge in [0, 0.05) is 6.54 Å². The lowest BCUT2D eigenvalue weighted by Gasteiger charge is -2.11. The highest BCUT2D eigenvalue weighted by atomic mass is 16.5. The molecule has 3 heteroatoms. The SMILES string of the molecule is CCOC(=O)C(C)CNCCCC(C)C. The highest BCUT2D eigenvalue weighted by molar-refractivity contribution is 5.72. The number of hydrogen-bond donors (Lipinski definition) is 1. The Hall–Kier alpha value is -0.570. The van der Waals surface area contributed by atoms with Crippen LogP contribution in [0.1, 0.15) is 40.5 Å². The molecule has 0 aliphatic carbocycles. The molecule has 1 unspecified atom stereocenters. The van der Waals surface area contributed by atoms with E-state index in [4.69, 9.17) is 4.74 Å². The van der Waals surface area contributed by atoms with Crippen molar-refractivity contribution in [1.82, 2.24) is 5.32 Å². The summed E-state index contributed by atoms with van der Waals surface area (Å²) in [6.07, 6.45) is 2.41. The molecule has 0 aliphatic rings. The quantitative estimate of drug-likeness (QED) is 0.498. The minimum Gasteiger partial charge on any atom is -0.466 e. The molecule has 0 spiro atoms. The standard InChI is InChI=1S/C12H25NO2/c1-5-15-12(14)11(4)9-13-8-6-7-10(2)3/h10-11,13H,5-9H2,1-4H3. The molecule has 3 nitrogen and oxygen atoms in total. The molecule has 1 N–H and O–H groups in total. The maximum atomic E-state index is 11.3. The average Bonchev–Trinajstić information content (AvgIpc) is 2.16. The minimum atomic E-state index is -0.103. The molecule has 0 amide bonds. The van der Waals surface area contributed by atoms with E-state index < -0.39 is 0 Å². The fourth-order valence-corrected chi connectivity index (χ4v) is 1.32. The zero-order valence-electron chi connectivity index (χ0n) is 10.5. The first-order chi connectivity index (χ1) is 7.07. The Bertz CT molecular complexity index is 169. The van der Waals surface area contributed by atoms with Gasteiger partial charge in [-0.1, -0.05) is 20.8 Å². The van der Waals surface area contributed by atoms with Crippen molar-refractivity contribution in [3.63, 3.8) is 0 Å². The Kier molecular flexibility index (Phi) is 8.38. The van der Waals surface area contributed by atoms with Crippen LogP contribution in [-0.2, 0) is 9.53 Å². The number of esters is 1. The molecule has 90 valence electrons. The van der Waals surface area contributed by atoms with Crippen LogP contribution in [-0.4, -0.2) is 25.7 Å². The fourth-order valence-electron chi connectivity index (χ4n) is 1.32. The Morgan fingerprint density at radius 2 is 2.00 bits per heavy atom. The number of rotatable bonds is 8. The number of hydrogen-bond acceptors (Lipinski definition) is 3. The molecule has 0 aromatic rings. The molecule has 0 bridgehead atoms. The van der Waals surface area contributed by atoms with Crippen molar-refractivity contribution in [2.24, 2.45) is 11.8 Å². The predicted octanol–water partition coefficient (Wildman–Crippen LogP) is 2.21. The molecule has 0 aromatic carbocycles. The molecule has 1 atom stereocenters. The van der Waals surface area contributed by atoms with Crippen LogP contribution in [0.5, 0.6) is 0 Å². The molecule has 0 heterocycles. The smallest absolute Gasteiger partial charge is 0.309 e. The summed E-state index contributed by atoms with van der Waals surface area (Å²) in [5, 5.41) is 3.28. The van der Waals surface area contributed by atoms with E-state index in [1.54, 1.807) is 0 Å². The van der Waals surface area contributed by atoms with E-state index in [0.717, 1.165) is 19.0 Å². The fraction of sp³-hybridized carbons (Fsp3) is 0.917. The molecular formula is C12H25NO2. The van der Waals surface area contributed by atoms with Gasteiger partial charge in [-0.15, -0.1) is 0 Å². The Balaban J connectivity index is 3.38. The first-order valence-electron chi connectivity index (χ1n) is 5.95. The van der Waals surface area contributed by atoms with Crippen molar-refractivity contribution in [3.05, 3.63) is 0 Å². The second kappa shape index (κ2) is 8.72. The summed E-state index contributed by atoms with van der Waals surface area (Å²) in [5.74, 6) is 0.618. The van der Waals surface area contributed by atoms with Gasteiger partial charge in [0.1, 0.15) is 0 Å². The molecule has 0 saturated carbocycles. The summed E-state index contributed by atoms with van der Waals surface area (Å²) in [7, 11) is 0. The van der Waals surface area contributed by atoms with Gasteiger partial charge in [-0.3, -0.25) is 4.79 Å². The van der Waals surface area contributed by atoms with Gasteiger partial charge in [0.05, 0.1) is 12.5 Å². The van der Waals surface area contributed by atoms with Crippen molar-refractivity contribution >= 4 is 5.97 Å². The van der Waals surface area contributed by atoms with Crippen LogP contribution < -0.4 is 5.32 Å². The summed E-state index contributed by atoms with van der Waals surface area (Å²) in [6, 6.07) is 0. The van der Waals surface area contributed by atoms with Gasteiger partial charge in [0.25, 0.3) is 0 Å². The monoisotopic (exact) mass is 215 g/mol. The van der Waals surface area contributed by atoms with Gasteiger partial charge in [-0.05, 0) is 32.2 Å². The normalized spacial score (nSPS) is 12.9. The van der Waals surface area contributed by atoms with Crippen LogP contribution in [0, 0.1) is 11.8 Å². The maximum absolute atomic E-state index is 11.3. The van der Waals surface area contributed by atoms with Crippen LogP contribution in [0.25, 0.3) is 0 Å². The molecule has 0 aromatic heterocycles. The maximum Gasteiger partial charge on any atom is 0.309 e. The van der Waals surface area contributed by atoms with E-state index in [2.05, 4.69) is 19.2 Å². The van der Waals surface area contributed by atoms with E-state index in [1.165, 1.54) is 12.8 Å². The Morgan fingerprint density at radius 3 is 2.53 bits per heavy atom. The molecule has 0 saturated heterocycles. The van der Waals surface area contributed by atoms with E-state index in [9.17, 15) is 4.79 Å². The van der Waals surface area contributed by atoms with Crippen LogP contribution in [0.4, 0.5) is 0 Å². The van der Waals surface area contributed by atoms with Gasteiger partial charge in [-0.2, -0.15) is 0 Å². The zero-order valence-corrected chi connectivity index (χ0v) is 10.5. The molecule has 0 fully saturated rings. The van der Waals surface area contributed by atoms with Crippen LogP contribution >= 0.6 is 0 Å². The second-order valence-electron chi connectivity index (χ2n) is 4.39. The summed E-state index contributed by atoms with van der Waals surface area (Å²) in [5.41, 5.74) is 0. The van der Waals surface area contributed by atoms with Gasteiger partial charge in [0.15, 0.2) is 0 Å². The summed E-state index contributed by atoms with van der Waals surface area (Å²) in [6.45, 7) is 10.4. The molecule has 0 radical (unpaired) electrons. The van der Waals surface area contributed by atoms with Gasteiger partial charge >= 0.3 is 5.97 Å². The van der Waals surface area contributed by atoms with Gasteiger partial charge < -0.3 is 10.1 Å². The van der Waals surface area contributed by atoms with Crippen molar-refractivity contribution in [3.8, 4) is 0 Å². The van der Waals surface area contributed by atoms with E-state index >= 15 is 0 Å². The Morgan fingerprint density at radius 1 is 1.33 bits per heavy atom. The number of ether oxygens (including phenoxy) is 1. The van der Waals surface area contributed by atoms with E-state index in [-0.39, 0.29) is 11.9 Å². The van der Waals surface area contributed by atoms with E-state index in [0.29, 0.717) is 6.61 Å². The second-order valence-corrected chi connectivity index (χ2v) is 4.39. The number of carbonyl (C=O) groups is 1. The highest BCUT2D eigenvalue weighted by Crippen LogP contribution is 2.02. The predicted molar refractivity (Wildman–Crippen MR) is 62.7 cm³/mol. The van der Waals surface area contributed by atoms with Gasteiger partial charge in [-0.25, -0.2) is 0 Å². The van der Waals surface area contributed by atoms with Crippen molar-refractivity contribution in [2.75, 3.05) is 19.7 Å². The van der Waals surface area contributed by atoms with Crippen molar-refractivity contribution in [2.45, 2.75) is 40.5 Å². The van der Waals surface area contributed by atoms with Gasteiger partial charge in [0.2, 0.25) is 0 Å². The first kappa shape index (κ1) is 14.4. The lowest BCUT2D eigenvalue weighted by Crippen LogP contribution is -2.28. The highest BCUT2D eigenvalue weighted by Gasteiger charge is 2.12. The molecule has 15 heavy (non-hydrogen) atoms. The summed E-state index contributed by atoms with van der Waals surface area (Å²) in [4.78, 5) is 11.3. The number of nitrogens with one attached hydrogen (secondary N) is 1. The largest absolute Gasteiger partial charge is 0.466 e. The lowest BCUT2D eigenvalue weighted by atomic mass is 10.1. The topological polar surface area (TPSA) is 38.3 Å². The van der Waals surface area contributed by atoms with Crippen molar-refractivity contribution in [1.29, 1.82) is 0 Å². The van der Waals surface area contributed by atoms with Crippen LogP contribution in [0.2, 0.25) is 0 Å². The lowest BCUT2D eigenvalue weighted by molar-refractivity contribution is -0.147. The third kappa shape index (κ3) is 8.43. The Labute approximate surface area is 93.6 Å². The molecule has 0 aliphatic heterocycles. The third-order valence-corrected chi connectivity index (χ3v) is 2.27. The first-order valence-corrected chi connectivity index (χ1v) is 5.95. The summed E-state index contributed by atoms with van der Waals surface area (Å²) >= 11 is 0. The molecular weight excluding hydrogens is 190 g/mol. The zero-order chi connectivity index (χ0) is 11.7. The van der Waals surface area contributed by atoms with Crippen LogP contribution in [0.15, 0.2) is 0 Å². The van der Waals surface area contributed by atoms with Crippen LogP contribution in [0.3, 0.4) is 0 Å². The van der Waals surface area contributed by atoms with Crippen molar-refractivity contribution < 1.29 is 9.53 Å². The third-order valence-electron chi connectivity index (χ3n) is 2.27. The molecule has 0 rings (SSSR count). The number of carbonyl (C=O) groups excluding carboxylic acids is 1. The minimum absolute atomic E-state index is 0.0380. The summed E-state index contributed by atoms with van der Waals surface area (Å²) < 4.78 is 4.92.